The van der Waals surface area contributed by atoms with Crippen LogP contribution in [0.5, 0.6) is 0 Å². The van der Waals surface area contributed by atoms with E-state index in [-0.39, 0.29) is 36.8 Å². The second-order valence-corrected chi connectivity index (χ2v) is 6.79. The highest BCUT2D eigenvalue weighted by Gasteiger charge is 2.28. The molecule has 1 N–H and O–H groups in total. The van der Waals surface area contributed by atoms with Crippen molar-refractivity contribution in [2.75, 3.05) is 31.1 Å². The molecule has 0 saturated carbocycles. The van der Waals surface area contributed by atoms with Gasteiger partial charge in [-0.1, -0.05) is 12.8 Å². The third-order valence-electron chi connectivity index (χ3n) is 5.22. The van der Waals surface area contributed by atoms with Crippen LogP contribution in [0.1, 0.15) is 49.9 Å². The lowest BCUT2D eigenvalue weighted by molar-refractivity contribution is 0.0602. The van der Waals surface area contributed by atoms with E-state index < -0.39 is 0 Å². The van der Waals surface area contributed by atoms with E-state index in [0.29, 0.717) is 11.6 Å². The molecule has 0 bridgehead atoms. The van der Waals surface area contributed by atoms with Crippen LogP contribution in [-0.4, -0.2) is 54.1 Å². The predicted molar refractivity (Wildman–Crippen MR) is 107 cm³/mol. The van der Waals surface area contributed by atoms with Crippen molar-refractivity contribution in [2.45, 2.75) is 51.6 Å². The van der Waals surface area contributed by atoms with E-state index in [1.54, 1.807) is 6.20 Å². The molecule has 2 atom stereocenters. The first-order chi connectivity index (χ1) is 11.2. The third kappa shape index (κ3) is 5.22. The lowest BCUT2D eigenvalue weighted by Crippen LogP contribution is -2.57. The van der Waals surface area contributed by atoms with Crippen LogP contribution in [-0.2, 0) is 0 Å². The molecule has 142 valence electrons. The summed E-state index contributed by atoms with van der Waals surface area (Å²) in [6.07, 6.45) is 6.84. The van der Waals surface area contributed by atoms with Crippen molar-refractivity contribution in [3.05, 3.63) is 23.9 Å². The Balaban J connectivity index is 0.00000156. The summed E-state index contributed by atoms with van der Waals surface area (Å²) in [5.74, 6) is 1.10. The molecule has 5 nitrogen and oxygen atoms in total. The molecule has 2 unspecified atom stereocenters. The van der Waals surface area contributed by atoms with Gasteiger partial charge < -0.3 is 15.1 Å². The van der Waals surface area contributed by atoms with Crippen molar-refractivity contribution in [3.8, 4) is 0 Å². The minimum absolute atomic E-state index is 0. The molecule has 3 rings (SSSR count). The Hall–Kier alpha value is -1.04. The molecule has 0 spiro atoms. The van der Waals surface area contributed by atoms with Crippen molar-refractivity contribution in [2.24, 2.45) is 0 Å². The zero-order valence-corrected chi connectivity index (χ0v) is 16.7. The second-order valence-electron chi connectivity index (χ2n) is 6.79. The van der Waals surface area contributed by atoms with Gasteiger partial charge in [0.05, 0.1) is 5.56 Å². The van der Waals surface area contributed by atoms with E-state index >= 15 is 0 Å². The molecule has 1 aromatic rings. The zero-order valence-electron chi connectivity index (χ0n) is 15.1. The Kier molecular flexibility index (Phi) is 8.97. The van der Waals surface area contributed by atoms with Crippen LogP contribution in [0.3, 0.4) is 0 Å². The van der Waals surface area contributed by atoms with Crippen LogP contribution in [0.2, 0.25) is 0 Å². The number of hydrogen-bond acceptors (Lipinski definition) is 4. The molecule has 1 amide bonds. The number of anilines is 1. The first-order valence-electron chi connectivity index (χ1n) is 8.92. The van der Waals surface area contributed by atoms with Gasteiger partial charge >= 0.3 is 0 Å². The largest absolute Gasteiger partial charge is 0.357 e. The average Bonchev–Trinajstić information content (AvgIpc) is 2.86. The van der Waals surface area contributed by atoms with Crippen LogP contribution in [0.25, 0.3) is 0 Å². The summed E-state index contributed by atoms with van der Waals surface area (Å²) in [6, 6.07) is 4.49. The van der Waals surface area contributed by atoms with Gasteiger partial charge in [-0.25, -0.2) is 4.98 Å². The summed E-state index contributed by atoms with van der Waals surface area (Å²) in [5.41, 5.74) is 0.699. The fraction of sp³-hybridized carbons (Fsp3) is 0.667. The highest BCUT2D eigenvalue weighted by molar-refractivity contribution is 5.94. The van der Waals surface area contributed by atoms with E-state index in [0.717, 1.165) is 32.0 Å². The second kappa shape index (κ2) is 10.2. The number of halogens is 2. The summed E-state index contributed by atoms with van der Waals surface area (Å²) < 4.78 is 0. The summed E-state index contributed by atoms with van der Waals surface area (Å²) in [6.45, 7) is 8.01. The summed E-state index contributed by atoms with van der Waals surface area (Å²) >= 11 is 0. The lowest BCUT2D eigenvalue weighted by atomic mass is 10.1. The monoisotopic (exact) mass is 388 g/mol. The maximum atomic E-state index is 12.7. The predicted octanol–water partition coefficient (Wildman–Crippen LogP) is 3.13. The Morgan fingerprint density at radius 1 is 1.08 bits per heavy atom. The van der Waals surface area contributed by atoms with Gasteiger partial charge in [0.2, 0.25) is 0 Å². The lowest BCUT2D eigenvalue weighted by Gasteiger charge is -2.38. The van der Waals surface area contributed by atoms with Gasteiger partial charge in [-0.3, -0.25) is 4.79 Å². The fourth-order valence-electron chi connectivity index (χ4n) is 3.51. The molecule has 0 aliphatic carbocycles. The van der Waals surface area contributed by atoms with Gasteiger partial charge in [-0.2, -0.15) is 0 Å². The molecule has 25 heavy (non-hydrogen) atoms. The molecular weight excluding hydrogens is 359 g/mol. The van der Waals surface area contributed by atoms with E-state index in [4.69, 9.17) is 0 Å². The standard InChI is InChI=1S/C18H28N4O.2ClH/c1-14-15(2)22(12-9-19-14)18(23)16-7-8-17(20-13-16)21-10-5-3-4-6-11-21;;/h7-8,13-15,19H,3-6,9-12H2,1-2H3;2*1H. The summed E-state index contributed by atoms with van der Waals surface area (Å²) in [5, 5.41) is 3.41. The molecule has 2 fully saturated rings. The van der Waals surface area contributed by atoms with Gasteiger partial charge in [-0.15, -0.1) is 24.8 Å². The first kappa shape index (κ1) is 22.0. The molecule has 0 radical (unpaired) electrons. The van der Waals surface area contributed by atoms with Gasteiger partial charge in [-0.05, 0) is 38.8 Å². The molecule has 3 heterocycles. The highest BCUT2D eigenvalue weighted by Crippen LogP contribution is 2.19. The molecule has 7 heteroatoms. The molecule has 2 aliphatic rings. The molecule has 2 saturated heterocycles. The van der Waals surface area contributed by atoms with Crippen LogP contribution >= 0.6 is 24.8 Å². The van der Waals surface area contributed by atoms with E-state index in [9.17, 15) is 4.79 Å². The van der Waals surface area contributed by atoms with E-state index in [1.807, 2.05) is 17.0 Å². The minimum Gasteiger partial charge on any atom is -0.357 e. The number of amides is 1. The van der Waals surface area contributed by atoms with E-state index in [2.05, 4.69) is 29.0 Å². The Morgan fingerprint density at radius 3 is 2.36 bits per heavy atom. The number of nitrogens with zero attached hydrogens (tertiary/aromatic N) is 3. The topological polar surface area (TPSA) is 48.5 Å². The van der Waals surface area contributed by atoms with Gasteiger partial charge in [0.25, 0.3) is 5.91 Å². The number of aromatic nitrogens is 1. The van der Waals surface area contributed by atoms with Gasteiger partial charge in [0.15, 0.2) is 0 Å². The van der Waals surface area contributed by atoms with Crippen molar-refractivity contribution in [1.82, 2.24) is 15.2 Å². The minimum atomic E-state index is 0. The Morgan fingerprint density at radius 2 is 1.76 bits per heavy atom. The average molecular weight is 389 g/mol. The number of piperazine rings is 1. The Labute approximate surface area is 163 Å². The third-order valence-corrected chi connectivity index (χ3v) is 5.22. The SMILES string of the molecule is CC1NCCN(C(=O)c2ccc(N3CCCCCC3)nc2)C1C.Cl.Cl. The summed E-state index contributed by atoms with van der Waals surface area (Å²) in [7, 11) is 0. The number of nitrogens with one attached hydrogen (secondary N) is 1. The van der Waals surface area contributed by atoms with Gasteiger partial charge in [0, 0.05) is 44.5 Å². The smallest absolute Gasteiger partial charge is 0.255 e. The van der Waals surface area contributed by atoms with Crippen molar-refractivity contribution < 1.29 is 4.79 Å². The quantitative estimate of drug-likeness (QED) is 0.845. The number of rotatable bonds is 2. The number of carbonyl (C=O) groups is 1. The normalized spacial score (nSPS) is 23.9. The fourth-order valence-corrected chi connectivity index (χ4v) is 3.51. The number of pyridine rings is 1. The zero-order chi connectivity index (χ0) is 16.2. The Bertz CT molecular complexity index is 532. The van der Waals surface area contributed by atoms with Crippen molar-refractivity contribution in [1.29, 1.82) is 0 Å². The maximum absolute atomic E-state index is 12.7. The molecular formula is C18H30Cl2N4O. The number of carbonyl (C=O) groups excluding carboxylic acids is 1. The number of hydrogen-bond donors (Lipinski definition) is 1. The molecule has 1 aromatic heterocycles. The maximum Gasteiger partial charge on any atom is 0.255 e. The summed E-state index contributed by atoms with van der Waals surface area (Å²) in [4.78, 5) is 21.6. The molecule has 2 aliphatic heterocycles. The van der Waals surface area contributed by atoms with Crippen molar-refractivity contribution in [3.63, 3.8) is 0 Å². The first-order valence-corrected chi connectivity index (χ1v) is 8.92. The van der Waals surface area contributed by atoms with Crippen LogP contribution in [0.15, 0.2) is 18.3 Å². The van der Waals surface area contributed by atoms with Crippen LogP contribution in [0.4, 0.5) is 5.82 Å². The van der Waals surface area contributed by atoms with Crippen LogP contribution in [0, 0.1) is 0 Å². The molecule has 0 aromatic carbocycles. The van der Waals surface area contributed by atoms with Gasteiger partial charge in [0.1, 0.15) is 5.82 Å². The highest BCUT2D eigenvalue weighted by atomic mass is 35.5. The van der Waals surface area contributed by atoms with Crippen LogP contribution < -0.4 is 10.2 Å². The van der Waals surface area contributed by atoms with Crippen molar-refractivity contribution >= 4 is 36.5 Å². The van der Waals surface area contributed by atoms with E-state index in [1.165, 1.54) is 25.7 Å².